The summed E-state index contributed by atoms with van der Waals surface area (Å²) in [7, 11) is 0. The van der Waals surface area contributed by atoms with Crippen LogP contribution in [0.1, 0.15) is 38.2 Å². The molecule has 0 saturated carbocycles. The molecular formula is C15H19NO4. The number of hydrogen-bond donors (Lipinski definition) is 2. The molecule has 1 saturated heterocycles. The molecule has 0 aromatic heterocycles. The van der Waals surface area contributed by atoms with Crippen molar-refractivity contribution in [1.82, 2.24) is 0 Å². The summed E-state index contributed by atoms with van der Waals surface area (Å²) in [6, 6.07) is 6.86. The number of nitrogens with one attached hydrogen (secondary N) is 1. The number of ether oxygens (including phenoxy) is 1. The number of hydrogen-bond acceptors (Lipinski definition) is 3. The molecule has 2 unspecified atom stereocenters. The van der Waals surface area contributed by atoms with Gasteiger partial charge in [-0.1, -0.05) is 12.1 Å². The van der Waals surface area contributed by atoms with Gasteiger partial charge in [0.15, 0.2) is 0 Å². The molecule has 1 aliphatic heterocycles. The van der Waals surface area contributed by atoms with E-state index in [1.165, 1.54) is 0 Å². The lowest BCUT2D eigenvalue weighted by molar-refractivity contribution is -0.138. The van der Waals surface area contributed by atoms with Crippen molar-refractivity contribution in [1.29, 1.82) is 0 Å². The first-order chi connectivity index (χ1) is 9.42. The number of anilines is 1. The second kappa shape index (κ2) is 5.63. The number of carboxylic acids is 1. The van der Waals surface area contributed by atoms with Gasteiger partial charge in [-0.25, -0.2) is 0 Å². The van der Waals surface area contributed by atoms with E-state index in [2.05, 4.69) is 5.32 Å². The Morgan fingerprint density at radius 1 is 1.35 bits per heavy atom. The number of carbonyl (C=O) groups is 2. The maximum Gasteiger partial charge on any atom is 0.310 e. The molecule has 2 atom stereocenters. The van der Waals surface area contributed by atoms with E-state index in [9.17, 15) is 9.59 Å². The molecule has 1 aliphatic rings. The molecule has 1 amide bonds. The second-order valence-electron chi connectivity index (χ2n) is 5.32. The third-order valence-electron chi connectivity index (χ3n) is 3.74. The first-order valence-electron chi connectivity index (χ1n) is 6.70. The van der Waals surface area contributed by atoms with Crippen molar-refractivity contribution in [3.05, 3.63) is 29.8 Å². The fraction of sp³-hybridized carbons (Fsp3) is 0.467. The van der Waals surface area contributed by atoms with Crippen molar-refractivity contribution in [2.24, 2.45) is 0 Å². The third-order valence-corrected chi connectivity index (χ3v) is 3.74. The molecule has 1 aromatic carbocycles. The largest absolute Gasteiger partial charge is 0.481 e. The quantitative estimate of drug-likeness (QED) is 0.886. The zero-order valence-corrected chi connectivity index (χ0v) is 11.7. The lowest BCUT2D eigenvalue weighted by atomic mass is 10.00. The number of carboxylic acid groups (broad SMARTS) is 1. The number of rotatable bonds is 4. The maximum atomic E-state index is 12.1. The van der Waals surface area contributed by atoms with Gasteiger partial charge in [0.25, 0.3) is 5.91 Å². The van der Waals surface area contributed by atoms with Crippen LogP contribution in [0.25, 0.3) is 0 Å². The number of amides is 1. The van der Waals surface area contributed by atoms with Crippen LogP contribution in [0.3, 0.4) is 0 Å². The van der Waals surface area contributed by atoms with Crippen LogP contribution in [0, 0.1) is 0 Å². The Balaban J connectivity index is 2.04. The van der Waals surface area contributed by atoms with E-state index in [4.69, 9.17) is 9.84 Å². The van der Waals surface area contributed by atoms with Crippen LogP contribution in [-0.2, 0) is 14.3 Å². The van der Waals surface area contributed by atoms with E-state index in [1.807, 2.05) is 0 Å². The lowest BCUT2D eigenvalue weighted by Gasteiger charge is -2.22. The Kier molecular flexibility index (Phi) is 4.09. The summed E-state index contributed by atoms with van der Waals surface area (Å²) in [6.45, 7) is 4.03. The zero-order chi connectivity index (χ0) is 14.8. The van der Waals surface area contributed by atoms with Crippen LogP contribution >= 0.6 is 0 Å². The van der Waals surface area contributed by atoms with Gasteiger partial charge in [-0.3, -0.25) is 9.59 Å². The summed E-state index contributed by atoms with van der Waals surface area (Å²) in [4.78, 5) is 23.0. The molecule has 0 radical (unpaired) electrons. The molecule has 5 heteroatoms. The molecule has 1 heterocycles. The van der Waals surface area contributed by atoms with Crippen LogP contribution in [0.15, 0.2) is 24.3 Å². The van der Waals surface area contributed by atoms with Crippen molar-refractivity contribution in [2.45, 2.75) is 38.2 Å². The molecule has 2 N–H and O–H groups in total. The van der Waals surface area contributed by atoms with E-state index >= 15 is 0 Å². The minimum atomic E-state index is -0.867. The highest BCUT2D eigenvalue weighted by Gasteiger charge is 2.37. The highest BCUT2D eigenvalue weighted by molar-refractivity contribution is 5.97. The van der Waals surface area contributed by atoms with Crippen LogP contribution in [0.4, 0.5) is 5.69 Å². The van der Waals surface area contributed by atoms with Gasteiger partial charge >= 0.3 is 5.97 Å². The van der Waals surface area contributed by atoms with E-state index in [1.54, 1.807) is 38.1 Å². The highest BCUT2D eigenvalue weighted by Crippen LogP contribution is 2.27. The lowest BCUT2D eigenvalue weighted by Crippen LogP contribution is -2.39. The molecular weight excluding hydrogens is 258 g/mol. The predicted octanol–water partition coefficient (Wildman–Crippen LogP) is 2.38. The highest BCUT2D eigenvalue weighted by atomic mass is 16.5. The van der Waals surface area contributed by atoms with Gasteiger partial charge in [0.1, 0.15) is 5.60 Å². The molecule has 1 aromatic rings. The van der Waals surface area contributed by atoms with Crippen molar-refractivity contribution >= 4 is 17.6 Å². The van der Waals surface area contributed by atoms with Gasteiger partial charge in [0.2, 0.25) is 0 Å². The van der Waals surface area contributed by atoms with E-state index in [-0.39, 0.29) is 5.91 Å². The summed E-state index contributed by atoms with van der Waals surface area (Å²) in [5, 5.41) is 11.7. The summed E-state index contributed by atoms with van der Waals surface area (Å²) in [5.41, 5.74) is 0.597. The Labute approximate surface area is 117 Å². The number of aliphatic carboxylic acids is 1. The van der Waals surface area contributed by atoms with Crippen molar-refractivity contribution in [3.8, 4) is 0 Å². The van der Waals surface area contributed by atoms with Crippen molar-refractivity contribution < 1.29 is 19.4 Å². The summed E-state index contributed by atoms with van der Waals surface area (Å²) in [5.74, 6) is -1.59. The van der Waals surface area contributed by atoms with Gasteiger partial charge in [0.05, 0.1) is 5.92 Å². The molecule has 2 rings (SSSR count). The smallest absolute Gasteiger partial charge is 0.310 e. The Hall–Kier alpha value is -1.88. The van der Waals surface area contributed by atoms with E-state index < -0.39 is 17.5 Å². The minimum Gasteiger partial charge on any atom is -0.481 e. The van der Waals surface area contributed by atoms with Gasteiger partial charge in [0, 0.05) is 12.3 Å². The van der Waals surface area contributed by atoms with Gasteiger partial charge < -0.3 is 15.2 Å². The first kappa shape index (κ1) is 14.5. The normalized spacial score (nSPS) is 23.3. The Morgan fingerprint density at radius 3 is 2.50 bits per heavy atom. The number of carbonyl (C=O) groups excluding carboxylic acids is 1. The minimum absolute atomic E-state index is 0.158. The second-order valence-corrected chi connectivity index (χ2v) is 5.32. The molecule has 1 fully saturated rings. The average Bonchev–Trinajstić information content (AvgIpc) is 2.87. The zero-order valence-electron chi connectivity index (χ0n) is 11.7. The van der Waals surface area contributed by atoms with Crippen molar-refractivity contribution in [3.63, 3.8) is 0 Å². The standard InChI is InChI=1S/C15H19NO4/c1-10(13(17)18)11-4-6-12(7-5-11)16-14(19)15(2)8-3-9-20-15/h4-7,10H,3,8-9H2,1-2H3,(H,16,19)(H,17,18). The molecule has 0 bridgehead atoms. The van der Waals surface area contributed by atoms with Crippen LogP contribution < -0.4 is 5.32 Å². The Bertz CT molecular complexity index is 503. The predicted molar refractivity (Wildman–Crippen MR) is 74.7 cm³/mol. The number of benzene rings is 1. The van der Waals surface area contributed by atoms with Crippen LogP contribution in [0.2, 0.25) is 0 Å². The van der Waals surface area contributed by atoms with Gasteiger partial charge in [-0.15, -0.1) is 0 Å². The van der Waals surface area contributed by atoms with Gasteiger partial charge in [-0.05, 0) is 44.4 Å². The van der Waals surface area contributed by atoms with Crippen LogP contribution in [0.5, 0.6) is 0 Å². The first-order valence-corrected chi connectivity index (χ1v) is 6.70. The summed E-state index contributed by atoms with van der Waals surface area (Å²) in [6.07, 6.45) is 1.60. The fourth-order valence-electron chi connectivity index (χ4n) is 2.22. The molecule has 0 spiro atoms. The van der Waals surface area contributed by atoms with Crippen molar-refractivity contribution in [2.75, 3.05) is 11.9 Å². The van der Waals surface area contributed by atoms with E-state index in [0.717, 1.165) is 6.42 Å². The molecule has 5 nitrogen and oxygen atoms in total. The monoisotopic (exact) mass is 277 g/mol. The molecule has 20 heavy (non-hydrogen) atoms. The summed E-state index contributed by atoms with van der Waals surface area (Å²) < 4.78 is 5.48. The average molecular weight is 277 g/mol. The van der Waals surface area contributed by atoms with E-state index in [0.29, 0.717) is 24.3 Å². The maximum absolute atomic E-state index is 12.1. The molecule has 0 aliphatic carbocycles. The SMILES string of the molecule is CC(C(=O)O)c1ccc(NC(=O)C2(C)CCCO2)cc1. The molecule has 108 valence electrons. The summed E-state index contributed by atoms with van der Waals surface area (Å²) >= 11 is 0. The third kappa shape index (κ3) is 2.99. The fourth-order valence-corrected chi connectivity index (χ4v) is 2.22. The Morgan fingerprint density at radius 2 is 2.00 bits per heavy atom. The topological polar surface area (TPSA) is 75.6 Å². The van der Waals surface area contributed by atoms with Gasteiger partial charge in [-0.2, -0.15) is 0 Å². The van der Waals surface area contributed by atoms with Crippen LogP contribution in [-0.4, -0.2) is 29.2 Å².